The minimum absolute atomic E-state index is 0.0815. The molecule has 11 nitrogen and oxygen atoms in total. The summed E-state index contributed by atoms with van der Waals surface area (Å²) in [5.41, 5.74) is 0.701. The Balaban J connectivity index is 0.977. The second-order valence-corrected chi connectivity index (χ2v) is 14.3. The number of imide groups is 1. The van der Waals surface area contributed by atoms with Crippen molar-refractivity contribution in [2.45, 2.75) is 63.7 Å². The SMILES string of the molecule is Cn1cc(-c2ccc(CN3CCC(C4CCN(c5ccc(NC6CCC(=O)NC6=O)cc5C(F)(F)F)CC4)CC3)c(OC(F)(F)F)c2)c2cn[nH]c2c1=O. The van der Waals surface area contributed by atoms with Crippen molar-refractivity contribution in [3.8, 4) is 16.9 Å². The molecule has 7 rings (SSSR count). The average Bonchev–Trinajstić information content (AvgIpc) is 3.62. The van der Waals surface area contributed by atoms with E-state index < -0.39 is 36.0 Å². The number of carbonyl (C=O) groups excluding carboxylic acids is 2. The second kappa shape index (κ2) is 14.6. The maximum absolute atomic E-state index is 14.3. The maximum atomic E-state index is 14.3. The number of nitrogens with zero attached hydrogens (tertiary/aromatic N) is 4. The lowest BCUT2D eigenvalue weighted by Gasteiger charge is -2.41. The molecule has 0 saturated carbocycles. The minimum atomic E-state index is -4.92. The van der Waals surface area contributed by atoms with Crippen molar-refractivity contribution in [1.29, 1.82) is 0 Å². The van der Waals surface area contributed by atoms with Gasteiger partial charge in [0.2, 0.25) is 11.8 Å². The number of hydrogen-bond donors (Lipinski definition) is 3. The zero-order chi connectivity index (χ0) is 38.4. The summed E-state index contributed by atoms with van der Waals surface area (Å²) in [7, 11) is 1.55. The van der Waals surface area contributed by atoms with Crippen LogP contribution < -0.4 is 25.8 Å². The number of aromatic nitrogens is 3. The Bertz CT molecular complexity index is 2100. The number of fused-ring (bicyclic) bond motifs is 1. The Kier molecular flexibility index (Phi) is 10.1. The summed E-state index contributed by atoms with van der Waals surface area (Å²) >= 11 is 0. The van der Waals surface area contributed by atoms with Crippen LogP contribution in [0.1, 0.15) is 49.7 Å². The minimum Gasteiger partial charge on any atom is -0.405 e. The van der Waals surface area contributed by atoms with Gasteiger partial charge in [-0.15, -0.1) is 13.2 Å². The molecular formula is C37H39F6N7O4. The van der Waals surface area contributed by atoms with Gasteiger partial charge in [-0.3, -0.25) is 29.7 Å². The summed E-state index contributed by atoms with van der Waals surface area (Å²) in [6.07, 6.45) is -3.21. The number of nitrogens with one attached hydrogen (secondary N) is 3. The summed E-state index contributed by atoms with van der Waals surface area (Å²) in [6, 6.07) is 7.82. The lowest BCUT2D eigenvalue weighted by Crippen LogP contribution is -2.47. The van der Waals surface area contributed by atoms with Gasteiger partial charge in [0.1, 0.15) is 17.3 Å². The number of anilines is 2. The van der Waals surface area contributed by atoms with Crippen molar-refractivity contribution >= 4 is 34.1 Å². The van der Waals surface area contributed by atoms with Crippen LogP contribution in [0.25, 0.3) is 22.0 Å². The predicted octanol–water partition coefficient (Wildman–Crippen LogP) is 6.19. The molecule has 1 atom stereocenters. The van der Waals surface area contributed by atoms with Crippen LogP contribution in [-0.4, -0.2) is 70.1 Å². The summed E-state index contributed by atoms with van der Waals surface area (Å²) < 4.78 is 89.4. The first-order chi connectivity index (χ1) is 25.6. The normalized spacial score (nSPS) is 19.7. The molecule has 17 heteroatoms. The van der Waals surface area contributed by atoms with Crippen LogP contribution in [0.3, 0.4) is 0 Å². The summed E-state index contributed by atoms with van der Waals surface area (Å²) in [5, 5.41) is 12.1. The molecule has 3 fully saturated rings. The van der Waals surface area contributed by atoms with Crippen molar-refractivity contribution in [3.63, 3.8) is 0 Å². The number of ether oxygens (including phenoxy) is 1. The lowest BCUT2D eigenvalue weighted by atomic mass is 9.78. The van der Waals surface area contributed by atoms with Crippen LogP contribution in [0.4, 0.5) is 37.7 Å². The third kappa shape index (κ3) is 8.05. The van der Waals surface area contributed by atoms with Gasteiger partial charge in [-0.05, 0) is 86.9 Å². The fourth-order valence-electron chi connectivity index (χ4n) is 8.05. The van der Waals surface area contributed by atoms with Gasteiger partial charge < -0.3 is 19.5 Å². The van der Waals surface area contributed by atoms with Gasteiger partial charge in [-0.25, -0.2) is 0 Å². The molecule has 3 saturated heterocycles. The number of aryl methyl sites for hydroxylation is 1. The number of carbonyl (C=O) groups is 2. The van der Waals surface area contributed by atoms with E-state index >= 15 is 0 Å². The molecule has 2 amide bonds. The first kappa shape index (κ1) is 37.3. The monoisotopic (exact) mass is 759 g/mol. The third-order valence-electron chi connectivity index (χ3n) is 10.8. The fraction of sp³-hybridized carbons (Fsp3) is 0.459. The van der Waals surface area contributed by atoms with Crippen LogP contribution in [0.15, 0.2) is 53.6 Å². The molecule has 1 unspecified atom stereocenters. The number of hydrogen-bond acceptors (Lipinski definition) is 8. The van der Waals surface area contributed by atoms with Crippen molar-refractivity contribution in [1.82, 2.24) is 25.0 Å². The smallest absolute Gasteiger partial charge is 0.405 e. The molecule has 54 heavy (non-hydrogen) atoms. The van der Waals surface area contributed by atoms with E-state index in [0.29, 0.717) is 72.9 Å². The number of likely N-dealkylation sites (tertiary alicyclic amines) is 1. The molecule has 4 aromatic rings. The Morgan fingerprint density at radius 3 is 2.28 bits per heavy atom. The number of alkyl halides is 6. The van der Waals surface area contributed by atoms with Crippen molar-refractivity contribution in [2.24, 2.45) is 18.9 Å². The Labute approximate surface area is 305 Å². The first-order valence-electron chi connectivity index (χ1n) is 17.8. The van der Waals surface area contributed by atoms with E-state index in [1.165, 1.54) is 29.0 Å². The Hall–Kier alpha value is -5.06. The van der Waals surface area contributed by atoms with Gasteiger partial charge in [-0.2, -0.15) is 18.3 Å². The largest absolute Gasteiger partial charge is 0.573 e. The van der Waals surface area contributed by atoms with E-state index in [1.807, 2.05) is 0 Å². The third-order valence-corrected chi connectivity index (χ3v) is 10.8. The fourth-order valence-corrected chi connectivity index (χ4v) is 8.05. The van der Waals surface area contributed by atoms with Crippen LogP contribution in [0.2, 0.25) is 0 Å². The summed E-state index contributed by atoms with van der Waals surface area (Å²) in [5.74, 6) is -0.664. The summed E-state index contributed by atoms with van der Waals surface area (Å²) in [6.45, 7) is 2.42. The molecular weight excluding hydrogens is 720 g/mol. The molecule has 2 aromatic carbocycles. The van der Waals surface area contributed by atoms with Gasteiger partial charge in [0.25, 0.3) is 5.56 Å². The standard InChI is InChI=1S/C37H39F6N7O4/c1-48-20-27(26-18-44-47-33(26)35(48)53)23-2-3-24(31(16-23)54-37(41,42)43)19-49-12-8-21(9-13-49)22-10-14-50(15-11-22)30-6-4-25(17-28(30)36(38,39)40)45-29-5-7-32(51)46-34(29)52/h2-4,6,16-18,20-22,29,45H,5,7-15,19H2,1H3,(H,44,47)(H,46,51,52). The van der Waals surface area contributed by atoms with Crippen LogP contribution in [-0.2, 0) is 29.4 Å². The Morgan fingerprint density at radius 2 is 1.61 bits per heavy atom. The number of piperidine rings is 3. The Morgan fingerprint density at radius 1 is 0.907 bits per heavy atom. The van der Waals surface area contributed by atoms with E-state index in [9.17, 15) is 40.7 Å². The lowest BCUT2D eigenvalue weighted by molar-refractivity contribution is -0.275. The number of pyridine rings is 1. The highest BCUT2D eigenvalue weighted by atomic mass is 19.4. The number of rotatable bonds is 8. The van der Waals surface area contributed by atoms with Crippen LogP contribution in [0.5, 0.6) is 5.75 Å². The van der Waals surface area contributed by atoms with Gasteiger partial charge in [-0.1, -0.05) is 12.1 Å². The predicted molar refractivity (Wildman–Crippen MR) is 188 cm³/mol. The maximum Gasteiger partial charge on any atom is 0.573 e. The zero-order valence-corrected chi connectivity index (χ0v) is 29.3. The molecule has 288 valence electrons. The van der Waals surface area contributed by atoms with Gasteiger partial charge >= 0.3 is 12.5 Å². The molecule has 0 bridgehead atoms. The molecule has 3 N–H and O–H groups in total. The molecule has 3 aliphatic heterocycles. The molecule has 2 aromatic heterocycles. The number of aromatic amines is 1. The number of amides is 2. The topological polar surface area (TPSA) is 125 Å². The van der Waals surface area contributed by atoms with Crippen LogP contribution >= 0.6 is 0 Å². The van der Waals surface area contributed by atoms with E-state index in [0.717, 1.165) is 18.9 Å². The summed E-state index contributed by atoms with van der Waals surface area (Å²) in [4.78, 5) is 39.9. The van der Waals surface area contributed by atoms with Crippen molar-refractivity contribution in [2.75, 3.05) is 36.4 Å². The quantitative estimate of drug-likeness (QED) is 0.144. The van der Waals surface area contributed by atoms with Gasteiger partial charge in [0.15, 0.2) is 0 Å². The van der Waals surface area contributed by atoms with Crippen molar-refractivity contribution < 1.29 is 40.7 Å². The highest BCUT2D eigenvalue weighted by molar-refractivity contribution is 6.01. The second-order valence-electron chi connectivity index (χ2n) is 14.3. The molecule has 0 aliphatic carbocycles. The highest BCUT2D eigenvalue weighted by Gasteiger charge is 2.38. The van der Waals surface area contributed by atoms with Crippen LogP contribution in [0, 0.1) is 11.8 Å². The van der Waals surface area contributed by atoms with Gasteiger partial charge in [0, 0.05) is 67.2 Å². The molecule has 3 aliphatic rings. The first-order valence-corrected chi connectivity index (χ1v) is 17.8. The highest BCUT2D eigenvalue weighted by Crippen LogP contribution is 2.42. The molecule has 0 radical (unpaired) electrons. The van der Waals surface area contributed by atoms with E-state index in [1.54, 1.807) is 30.3 Å². The number of halogens is 6. The number of H-pyrrole nitrogens is 1. The average molecular weight is 760 g/mol. The van der Waals surface area contributed by atoms with E-state index in [4.69, 9.17) is 0 Å². The van der Waals surface area contributed by atoms with E-state index in [-0.39, 0.29) is 47.6 Å². The van der Waals surface area contributed by atoms with Crippen molar-refractivity contribution in [3.05, 3.63) is 70.3 Å². The molecule has 0 spiro atoms. The molecule has 5 heterocycles. The number of benzene rings is 2. The van der Waals surface area contributed by atoms with E-state index in [2.05, 4.69) is 30.5 Å². The zero-order valence-electron chi connectivity index (χ0n) is 29.3. The van der Waals surface area contributed by atoms with Gasteiger partial charge in [0.05, 0.1) is 11.8 Å².